The first-order valence-corrected chi connectivity index (χ1v) is 9.86. The zero-order valence-corrected chi connectivity index (χ0v) is 13.3. The molecule has 108 valence electrons. The average molecular weight is 292 g/mol. The summed E-state index contributed by atoms with van der Waals surface area (Å²) in [4.78, 5) is 24.1. The van der Waals surface area contributed by atoms with Gasteiger partial charge in [0.2, 0.25) is 8.32 Å². The minimum Gasteiger partial charge on any atom is -0.516 e. The Bertz CT molecular complexity index is 515. The second-order valence-electron chi connectivity index (χ2n) is 5.21. The fraction of sp³-hybridized carbons (Fsp3) is 0.333. The van der Waals surface area contributed by atoms with E-state index in [1.807, 2.05) is 26.6 Å². The standard InChI is InChI=1S/C15H20O4Si/c1-5-6-11-18-14(16)12-9-7-8-10-13(12)15(17)19-20(2,3)4/h5-10H,11H2,1-4H3/b6-5+. The number of allylic oxidation sites excluding steroid dienone is 1. The first-order chi connectivity index (χ1) is 9.35. The highest BCUT2D eigenvalue weighted by Crippen LogP contribution is 2.15. The Morgan fingerprint density at radius 3 is 2.15 bits per heavy atom. The highest BCUT2D eigenvalue weighted by atomic mass is 28.4. The van der Waals surface area contributed by atoms with Crippen molar-refractivity contribution in [3.8, 4) is 0 Å². The number of carbonyl (C=O) groups is 2. The van der Waals surface area contributed by atoms with Crippen LogP contribution in [0.3, 0.4) is 0 Å². The lowest BCUT2D eigenvalue weighted by Gasteiger charge is -2.18. The van der Waals surface area contributed by atoms with Gasteiger partial charge in [-0.2, -0.15) is 0 Å². The van der Waals surface area contributed by atoms with E-state index in [-0.39, 0.29) is 17.7 Å². The molecule has 0 bridgehead atoms. The summed E-state index contributed by atoms with van der Waals surface area (Å²) in [6.07, 6.45) is 3.51. The summed E-state index contributed by atoms with van der Waals surface area (Å²) >= 11 is 0. The molecule has 0 saturated carbocycles. The summed E-state index contributed by atoms with van der Waals surface area (Å²) in [6.45, 7) is 7.77. The van der Waals surface area contributed by atoms with Crippen molar-refractivity contribution in [1.29, 1.82) is 0 Å². The van der Waals surface area contributed by atoms with Gasteiger partial charge in [-0.05, 0) is 38.7 Å². The second-order valence-corrected chi connectivity index (χ2v) is 9.64. The molecule has 0 spiro atoms. The van der Waals surface area contributed by atoms with Crippen LogP contribution >= 0.6 is 0 Å². The monoisotopic (exact) mass is 292 g/mol. The molecule has 0 amide bonds. The molecule has 0 aromatic heterocycles. The Morgan fingerprint density at radius 1 is 1.10 bits per heavy atom. The average Bonchev–Trinajstić information content (AvgIpc) is 2.37. The van der Waals surface area contributed by atoms with Crippen LogP contribution in [0.1, 0.15) is 27.6 Å². The molecule has 1 aromatic carbocycles. The molecule has 0 saturated heterocycles. The molecular formula is C15H20O4Si. The highest BCUT2D eigenvalue weighted by Gasteiger charge is 2.24. The molecule has 0 unspecified atom stereocenters. The summed E-state index contributed by atoms with van der Waals surface area (Å²) in [7, 11) is -2.00. The van der Waals surface area contributed by atoms with Crippen LogP contribution in [0.25, 0.3) is 0 Å². The number of esters is 1. The highest BCUT2D eigenvalue weighted by molar-refractivity contribution is 6.71. The van der Waals surface area contributed by atoms with Gasteiger partial charge in [-0.25, -0.2) is 9.59 Å². The minimum absolute atomic E-state index is 0.187. The summed E-state index contributed by atoms with van der Waals surface area (Å²) in [5, 5.41) is 0. The van der Waals surface area contributed by atoms with Crippen molar-refractivity contribution in [2.45, 2.75) is 26.6 Å². The zero-order valence-electron chi connectivity index (χ0n) is 12.3. The lowest BCUT2D eigenvalue weighted by atomic mass is 10.1. The Labute approximate surface area is 120 Å². The fourth-order valence-electron chi connectivity index (χ4n) is 1.47. The molecular weight excluding hydrogens is 272 g/mol. The van der Waals surface area contributed by atoms with Crippen molar-refractivity contribution >= 4 is 20.3 Å². The van der Waals surface area contributed by atoms with Crippen LogP contribution in [0.5, 0.6) is 0 Å². The van der Waals surface area contributed by atoms with Crippen LogP contribution in [0.2, 0.25) is 19.6 Å². The molecule has 0 radical (unpaired) electrons. The van der Waals surface area contributed by atoms with Gasteiger partial charge in [-0.3, -0.25) is 0 Å². The Kier molecular flexibility index (Phi) is 5.70. The van der Waals surface area contributed by atoms with Gasteiger partial charge in [0, 0.05) is 0 Å². The maximum atomic E-state index is 12.1. The van der Waals surface area contributed by atoms with Crippen molar-refractivity contribution in [2.75, 3.05) is 6.61 Å². The molecule has 0 fully saturated rings. The van der Waals surface area contributed by atoms with Gasteiger partial charge >= 0.3 is 11.9 Å². The number of rotatable bonds is 5. The first-order valence-electron chi connectivity index (χ1n) is 6.46. The predicted octanol–water partition coefficient (Wildman–Crippen LogP) is 3.41. The van der Waals surface area contributed by atoms with Crippen LogP contribution in [0.4, 0.5) is 0 Å². The number of carbonyl (C=O) groups excluding carboxylic acids is 2. The summed E-state index contributed by atoms with van der Waals surface area (Å²) in [5.74, 6) is -0.992. The molecule has 1 aromatic rings. The van der Waals surface area contributed by atoms with E-state index in [2.05, 4.69) is 0 Å². The fourth-order valence-corrected chi connectivity index (χ4v) is 2.14. The number of ether oxygens (including phenoxy) is 1. The van der Waals surface area contributed by atoms with E-state index in [4.69, 9.17) is 9.16 Å². The van der Waals surface area contributed by atoms with E-state index in [1.54, 1.807) is 36.4 Å². The van der Waals surface area contributed by atoms with Crippen molar-refractivity contribution in [2.24, 2.45) is 0 Å². The Hall–Kier alpha value is -1.88. The van der Waals surface area contributed by atoms with Gasteiger partial charge in [0.15, 0.2) is 0 Å². The minimum atomic E-state index is -2.00. The molecule has 4 nitrogen and oxygen atoms in total. The van der Waals surface area contributed by atoms with Crippen LogP contribution in [0.15, 0.2) is 36.4 Å². The molecule has 1 rings (SSSR count). The second kappa shape index (κ2) is 7.05. The lowest BCUT2D eigenvalue weighted by molar-refractivity contribution is 0.0538. The number of hydrogen-bond acceptors (Lipinski definition) is 4. The SMILES string of the molecule is C/C=C/COC(=O)c1ccccc1C(=O)O[Si](C)(C)C. The Balaban J connectivity index is 2.93. The summed E-state index contributed by atoms with van der Waals surface area (Å²) < 4.78 is 10.5. The molecule has 0 aliphatic carbocycles. The molecule has 0 atom stereocenters. The van der Waals surface area contributed by atoms with Gasteiger partial charge in [0.05, 0.1) is 11.1 Å². The van der Waals surface area contributed by atoms with E-state index in [9.17, 15) is 9.59 Å². The molecule has 0 N–H and O–H groups in total. The maximum absolute atomic E-state index is 12.1. The first kappa shape index (κ1) is 16.2. The quantitative estimate of drug-likeness (QED) is 0.474. The van der Waals surface area contributed by atoms with Crippen molar-refractivity contribution in [1.82, 2.24) is 0 Å². The van der Waals surface area contributed by atoms with E-state index in [0.717, 1.165) is 0 Å². The van der Waals surface area contributed by atoms with Crippen LogP contribution < -0.4 is 0 Å². The third-order valence-electron chi connectivity index (χ3n) is 2.31. The molecule has 20 heavy (non-hydrogen) atoms. The van der Waals surface area contributed by atoms with E-state index in [1.165, 1.54) is 0 Å². The van der Waals surface area contributed by atoms with Crippen molar-refractivity contribution in [3.05, 3.63) is 47.5 Å². The predicted molar refractivity (Wildman–Crippen MR) is 80.3 cm³/mol. The van der Waals surface area contributed by atoms with E-state index >= 15 is 0 Å². The zero-order chi connectivity index (χ0) is 15.2. The van der Waals surface area contributed by atoms with Crippen LogP contribution in [-0.4, -0.2) is 26.9 Å². The normalized spacial score (nSPS) is 11.4. The van der Waals surface area contributed by atoms with Gasteiger partial charge in [-0.1, -0.05) is 24.3 Å². The van der Waals surface area contributed by atoms with Crippen molar-refractivity contribution in [3.63, 3.8) is 0 Å². The third-order valence-corrected chi connectivity index (χ3v) is 3.11. The van der Waals surface area contributed by atoms with Gasteiger partial charge in [0.1, 0.15) is 6.61 Å². The van der Waals surface area contributed by atoms with Gasteiger partial charge in [0.25, 0.3) is 0 Å². The molecule has 0 heterocycles. The largest absolute Gasteiger partial charge is 0.516 e. The maximum Gasteiger partial charge on any atom is 0.339 e. The van der Waals surface area contributed by atoms with Gasteiger partial charge < -0.3 is 9.16 Å². The summed E-state index contributed by atoms with van der Waals surface area (Å²) in [6, 6.07) is 6.54. The van der Waals surface area contributed by atoms with E-state index < -0.39 is 20.3 Å². The number of hydrogen-bond donors (Lipinski definition) is 0. The lowest BCUT2D eigenvalue weighted by Crippen LogP contribution is -2.30. The third kappa shape index (κ3) is 5.01. The summed E-state index contributed by atoms with van der Waals surface area (Å²) in [5.41, 5.74) is 0.487. The van der Waals surface area contributed by atoms with E-state index in [0.29, 0.717) is 0 Å². The Morgan fingerprint density at radius 2 is 1.65 bits per heavy atom. The van der Waals surface area contributed by atoms with Crippen molar-refractivity contribution < 1.29 is 18.8 Å². The number of benzene rings is 1. The smallest absolute Gasteiger partial charge is 0.339 e. The van der Waals surface area contributed by atoms with Gasteiger partial charge in [-0.15, -0.1) is 0 Å². The molecule has 5 heteroatoms. The molecule has 0 aliphatic rings. The van der Waals surface area contributed by atoms with Crippen LogP contribution in [0, 0.1) is 0 Å². The van der Waals surface area contributed by atoms with Crippen LogP contribution in [-0.2, 0) is 9.16 Å². The molecule has 0 aliphatic heterocycles. The topological polar surface area (TPSA) is 52.6 Å².